The third-order valence-corrected chi connectivity index (χ3v) is 6.10. The van der Waals surface area contributed by atoms with Crippen molar-refractivity contribution in [2.45, 2.75) is 47.0 Å². The van der Waals surface area contributed by atoms with Crippen LogP contribution in [0.1, 0.15) is 52.5 Å². The van der Waals surface area contributed by atoms with Gasteiger partial charge in [0.2, 0.25) is 0 Å². The molecule has 2 saturated carbocycles. The Morgan fingerprint density at radius 2 is 1.78 bits per heavy atom. The van der Waals surface area contributed by atoms with E-state index in [2.05, 4.69) is 58.0 Å². The highest BCUT2D eigenvalue weighted by Crippen LogP contribution is 2.68. The van der Waals surface area contributed by atoms with Crippen LogP contribution in [0, 0.1) is 16.7 Å². The predicted molar refractivity (Wildman–Crippen MR) is 78.3 cm³/mol. The van der Waals surface area contributed by atoms with Crippen LogP contribution in [0.5, 0.6) is 0 Å². The Bertz CT molecular complexity index is 489. The van der Waals surface area contributed by atoms with Gasteiger partial charge in [0.25, 0.3) is 0 Å². The van der Waals surface area contributed by atoms with Gasteiger partial charge in [0.1, 0.15) is 0 Å². The second-order valence-corrected chi connectivity index (χ2v) is 7.07. The number of benzene rings is 1. The molecule has 0 heteroatoms. The van der Waals surface area contributed by atoms with Crippen LogP contribution in [0.15, 0.2) is 35.9 Å². The molecule has 0 saturated heterocycles. The van der Waals surface area contributed by atoms with Gasteiger partial charge in [-0.05, 0) is 54.1 Å². The van der Waals surface area contributed by atoms with Crippen molar-refractivity contribution in [2.24, 2.45) is 16.7 Å². The van der Waals surface area contributed by atoms with Crippen molar-refractivity contribution >= 4 is 5.57 Å². The van der Waals surface area contributed by atoms with Gasteiger partial charge in [0.15, 0.2) is 0 Å². The molecule has 1 aromatic rings. The van der Waals surface area contributed by atoms with E-state index in [1.807, 2.05) is 0 Å². The van der Waals surface area contributed by atoms with E-state index in [0.717, 1.165) is 5.92 Å². The quantitative estimate of drug-likeness (QED) is 0.624. The van der Waals surface area contributed by atoms with E-state index in [1.165, 1.54) is 30.4 Å². The van der Waals surface area contributed by atoms with Gasteiger partial charge in [0, 0.05) is 0 Å². The Morgan fingerprint density at radius 3 is 2.28 bits per heavy atom. The van der Waals surface area contributed by atoms with Crippen molar-refractivity contribution < 1.29 is 0 Å². The minimum absolute atomic E-state index is 0.484. The molecule has 2 aliphatic carbocycles. The molecule has 0 nitrogen and oxygen atoms in total. The Balaban J connectivity index is 2.06. The molecule has 1 aromatic carbocycles. The Labute approximate surface area is 111 Å². The first-order chi connectivity index (χ1) is 8.46. The highest BCUT2D eigenvalue weighted by molar-refractivity contribution is 5.68. The Morgan fingerprint density at radius 1 is 1.11 bits per heavy atom. The summed E-state index contributed by atoms with van der Waals surface area (Å²) < 4.78 is 0. The number of allylic oxidation sites excluding steroid dienone is 2. The van der Waals surface area contributed by atoms with Gasteiger partial charge in [-0.25, -0.2) is 0 Å². The fraction of sp³-hybridized carbons (Fsp3) is 0.556. The maximum Gasteiger partial charge on any atom is -0.0140 e. The summed E-state index contributed by atoms with van der Waals surface area (Å²) in [5.74, 6) is 0.808. The van der Waals surface area contributed by atoms with Gasteiger partial charge >= 0.3 is 0 Å². The summed E-state index contributed by atoms with van der Waals surface area (Å²) in [7, 11) is 0. The van der Waals surface area contributed by atoms with Crippen molar-refractivity contribution in [3.05, 3.63) is 41.5 Å². The van der Waals surface area contributed by atoms with Crippen LogP contribution in [0.2, 0.25) is 0 Å². The zero-order chi connectivity index (χ0) is 13.0. The first-order valence-corrected chi connectivity index (χ1v) is 7.21. The van der Waals surface area contributed by atoms with Gasteiger partial charge in [-0.3, -0.25) is 0 Å². The van der Waals surface area contributed by atoms with Crippen LogP contribution in [0.3, 0.4) is 0 Å². The smallest absolute Gasteiger partial charge is 0.0140 e. The molecule has 18 heavy (non-hydrogen) atoms. The molecule has 2 unspecified atom stereocenters. The van der Waals surface area contributed by atoms with Gasteiger partial charge in [-0.15, -0.1) is 0 Å². The summed E-state index contributed by atoms with van der Waals surface area (Å²) >= 11 is 0. The lowest BCUT2D eigenvalue weighted by molar-refractivity contribution is 0.152. The van der Waals surface area contributed by atoms with Crippen molar-refractivity contribution in [2.75, 3.05) is 0 Å². The van der Waals surface area contributed by atoms with Gasteiger partial charge in [-0.1, -0.05) is 56.7 Å². The molecule has 0 radical (unpaired) electrons. The molecule has 0 aliphatic heterocycles. The molecule has 3 rings (SSSR count). The fourth-order valence-corrected chi connectivity index (χ4v) is 4.30. The van der Waals surface area contributed by atoms with E-state index in [-0.39, 0.29) is 0 Å². The average molecular weight is 240 g/mol. The minimum atomic E-state index is 0.484. The van der Waals surface area contributed by atoms with Crippen LogP contribution in [0.4, 0.5) is 0 Å². The van der Waals surface area contributed by atoms with Crippen molar-refractivity contribution in [3.63, 3.8) is 0 Å². The number of hydrogen-bond acceptors (Lipinski definition) is 0. The lowest BCUT2D eigenvalue weighted by Crippen LogP contribution is -2.26. The number of rotatable bonds is 1. The van der Waals surface area contributed by atoms with Gasteiger partial charge < -0.3 is 0 Å². The van der Waals surface area contributed by atoms with Crippen LogP contribution in [-0.4, -0.2) is 0 Å². The molecule has 2 bridgehead atoms. The first kappa shape index (κ1) is 12.0. The summed E-state index contributed by atoms with van der Waals surface area (Å²) in [6.45, 7) is 9.79. The largest absolute Gasteiger partial charge is 0.0625 e. The highest BCUT2D eigenvalue weighted by Gasteiger charge is 2.58. The minimum Gasteiger partial charge on any atom is -0.0625 e. The monoisotopic (exact) mass is 240 g/mol. The zero-order valence-electron chi connectivity index (χ0n) is 12.1. The molecule has 2 aliphatic rings. The van der Waals surface area contributed by atoms with Crippen LogP contribution >= 0.6 is 0 Å². The molecule has 0 spiro atoms. The van der Waals surface area contributed by atoms with E-state index in [9.17, 15) is 0 Å². The summed E-state index contributed by atoms with van der Waals surface area (Å²) in [5.41, 5.74) is 5.71. The molecule has 2 atom stereocenters. The molecule has 2 fully saturated rings. The van der Waals surface area contributed by atoms with Crippen molar-refractivity contribution in [1.82, 2.24) is 0 Å². The summed E-state index contributed by atoms with van der Waals surface area (Å²) in [5, 5.41) is 0. The Hall–Kier alpha value is -1.04. The van der Waals surface area contributed by atoms with Crippen LogP contribution in [-0.2, 0) is 0 Å². The molecular weight excluding hydrogens is 216 g/mol. The lowest BCUT2D eigenvalue weighted by Gasteiger charge is -2.33. The van der Waals surface area contributed by atoms with Crippen LogP contribution < -0.4 is 0 Å². The highest BCUT2D eigenvalue weighted by atomic mass is 14.6. The van der Waals surface area contributed by atoms with E-state index < -0.39 is 0 Å². The first-order valence-electron chi connectivity index (χ1n) is 7.21. The molecule has 0 N–H and O–H groups in total. The molecule has 0 heterocycles. The normalized spacial score (nSPS) is 35.9. The lowest BCUT2D eigenvalue weighted by atomic mass is 9.71. The zero-order valence-corrected chi connectivity index (χ0v) is 12.1. The SMILES string of the molecule is CC(=C1CC2(C)CCC1C2(C)C)c1ccccc1. The molecular formula is C18H24. The third kappa shape index (κ3) is 1.44. The fourth-order valence-electron chi connectivity index (χ4n) is 4.30. The van der Waals surface area contributed by atoms with Crippen LogP contribution in [0.25, 0.3) is 5.57 Å². The van der Waals surface area contributed by atoms with E-state index >= 15 is 0 Å². The second kappa shape index (κ2) is 3.73. The van der Waals surface area contributed by atoms with E-state index in [4.69, 9.17) is 0 Å². The van der Waals surface area contributed by atoms with Gasteiger partial charge in [0.05, 0.1) is 0 Å². The van der Waals surface area contributed by atoms with Crippen molar-refractivity contribution in [1.29, 1.82) is 0 Å². The summed E-state index contributed by atoms with van der Waals surface area (Å²) in [4.78, 5) is 0. The predicted octanol–water partition coefficient (Wildman–Crippen LogP) is 5.31. The molecule has 96 valence electrons. The average Bonchev–Trinajstić information content (AvgIpc) is 2.71. The standard InChI is InChI=1S/C18H24/c1-13(14-8-6-5-7-9-14)15-12-18(4)11-10-16(15)17(18,2)3/h5-9,16H,10-12H2,1-4H3. The summed E-state index contributed by atoms with van der Waals surface area (Å²) in [6, 6.07) is 10.9. The third-order valence-electron chi connectivity index (χ3n) is 6.10. The molecule has 0 amide bonds. The van der Waals surface area contributed by atoms with E-state index in [1.54, 1.807) is 5.57 Å². The molecule has 0 aromatic heterocycles. The maximum absolute atomic E-state index is 2.50. The van der Waals surface area contributed by atoms with Gasteiger partial charge in [-0.2, -0.15) is 0 Å². The van der Waals surface area contributed by atoms with Crippen molar-refractivity contribution in [3.8, 4) is 0 Å². The topological polar surface area (TPSA) is 0 Å². The Kier molecular flexibility index (Phi) is 2.49. The van der Waals surface area contributed by atoms with E-state index in [0.29, 0.717) is 10.8 Å². The number of hydrogen-bond donors (Lipinski definition) is 0. The number of fused-ring (bicyclic) bond motifs is 2. The maximum atomic E-state index is 2.50. The summed E-state index contributed by atoms with van der Waals surface area (Å²) in [6.07, 6.45) is 4.12. The second-order valence-electron chi connectivity index (χ2n) is 7.07.